The quantitative estimate of drug-likeness (QED) is 0.926. The third kappa shape index (κ3) is 2.71. The van der Waals surface area contributed by atoms with Crippen molar-refractivity contribution in [3.05, 3.63) is 51.2 Å². The minimum atomic E-state index is 0.257. The van der Waals surface area contributed by atoms with Gasteiger partial charge in [-0.05, 0) is 39.7 Å². The number of rotatable bonds is 2. The molecule has 0 bridgehead atoms. The first-order valence-corrected chi connectivity index (χ1v) is 5.78. The number of nitrogens with zero attached hydrogens (tertiary/aromatic N) is 2. The van der Waals surface area contributed by atoms with Gasteiger partial charge in [0.2, 0.25) is 0 Å². The zero-order valence-electron chi connectivity index (χ0n) is 8.19. The lowest BCUT2D eigenvalue weighted by Crippen LogP contribution is -1.95. The van der Waals surface area contributed by atoms with Crippen LogP contribution in [0.4, 0.5) is 0 Å². The Hall–Kier alpha value is -1.13. The summed E-state index contributed by atoms with van der Waals surface area (Å²) in [5.74, 6) is 0.257. The minimum absolute atomic E-state index is 0.257. The summed E-state index contributed by atoms with van der Waals surface area (Å²) in [6, 6.07) is 8.82. The Labute approximate surface area is 106 Å². The molecule has 0 unspecified atom stereocenters. The van der Waals surface area contributed by atoms with Gasteiger partial charge >= 0.3 is 0 Å². The SMILES string of the molecule is Oc1ccc(Cc2cc(Br)c(Cl)nn2)cc1. The van der Waals surface area contributed by atoms with E-state index in [9.17, 15) is 0 Å². The maximum absolute atomic E-state index is 9.15. The molecule has 1 aromatic heterocycles. The molecule has 0 saturated heterocycles. The summed E-state index contributed by atoms with van der Waals surface area (Å²) in [6.45, 7) is 0. The van der Waals surface area contributed by atoms with Gasteiger partial charge in [-0.25, -0.2) is 0 Å². The molecular formula is C11H8BrClN2O. The highest BCUT2D eigenvalue weighted by Crippen LogP contribution is 2.20. The monoisotopic (exact) mass is 298 g/mol. The molecule has 0 aliphatic carbocycles. The Kier molecular flexibility index (Phi) is 3.41. The second kappa shape index (κ2) is 4.80. The normalized spacial score (nSPS) is 10.4. The number of benzene rings is 1. The van der Waals surface area contributed by atoms with E-state index in [2.05, 4.69) is 26.1 Å². The van der Waals surface area contributed by atoms with Gasteiger partial charge in [0, 0.05) is 6.42 Å². The molecule has 0 spiro atoms. The molecule has 0 amide bonds. The zero-order chi connectivity index (χ0) is 11.5. The summed E-state index contributed by atoms with van der Waals surface area (Å²) in [5, 5.41) is 17.3. The van der Waals surface area contributed by atoms with Crippen LogP contribution < -0.4 is 0 Å². The van der Waals surface area contributed by atoms with Crippen LogP contribution in [-0.2, 0) is 6.42 Å². The Morgan fingerprint density at radius 3 is 2.50 bits per heavy atom. The van der Waals surface area contributed by atoms with Crippen LogP contribution in [0.3, 0.4) is 0 Å². The average Bonchev–Trinajstić information content (AvgIpc) is 2.27. The number of phenols is 1. The number of hydrogen-bond acceptors (Lipinski definition) is 3. The molecule has 1 N–H and O–H groups in total. The van der Waals surface area contributed by atoms with Crippen molar-refractivity contribution < 1.29 is 5.11 Å². The van der Waals surface area contributed by atoms with Crippen molar-refractivity contribution in [3.63, 3.8) is 0 Å². The predicted molar refractivity (Wildman–Crippen MR) is 65.7 cm³/mol. The Bertz CT molecular complexity index is 502. The highest BCUT2D eigenvalue weighted by molar-refractivity contribution is 9.10. The molecule has 1 aromatic carbocycles. The second-order valence-corrected chi connectivity index (χ2v) is 4.53. The van der Waals surface area contributed by atoms with Crippen LogP contribution in [0.25, 0.3) is 0 Å². The third-order valence-electron chi connectivity index (χ3n) is 2.08. The summed E-state index contributed by atoms with van der Waals surface area (Å²) in [5.41, 5.74) is 1.88. The summed E-state index contributed by atoms with van der Waals surface area (Å²) in [6.07, 6.45) is 0.656. The maximum atomic E-state index is 9.15. The van der Waals surface area contributed by atoms with Gasteiger partial charge < -0.3 is 5.11 Å². The molecule has 0 aliphatic heterocycles. The van der Waals surface area contributed by atoms with E-state index in [4.69, 9.17) is 16.7 Å². The fourth-order valence-corrected chi connectivity index (χ4v) is 1.74. The van der Waals surface area contributed by atoms with Gasteiger partial charge in [-0.3, -0.25) is 0 Å². The van der Waals surface area contributed by atoms with E-state index in [1.165, 1.54) is 0 Å². The molecule has 5 heteroatoms. The first-order chi connectivity index (χ1) is 7.65. The molecule has 0 saturated carbocycles. The second-order valence-electron chi connectivity index (χ2n) is 3.32. The van der Waals surface area contributed by atoms with Gasteiger partial charge in [0.05, 0.1) is 10.2 Å². The standard InChI is InChI=1S/C11H8BrClN2O/c12-10-6-8(14-15-11(10)13)5-7-1-3-9(16)4-2-7/h1-4,6,16H,5H2. The van der Waals surface area contributed by atoms with Crippen LogP contribution in [0.15, 0.2) is 34.8 Å². The molecule has 3 nitrogen and oxygen atoms in total. The smallest absolute Gasteiger partial charge is 0.165 e. The lowest BCUT2D eigenvalue weighted by Gasteiger charge is -2.02. The van der Waals surface area contributed by atoms with Gasteiger partial charge in [-0.2, -0.15) is 5.10 Å². The van der Waals surface area contributed by atoms with Crippen molar-refractivity contribution in [2.24, 2.45) is 0 Å². The van der Waals surface area contributed by atoms with E-state index in [1.807, 2.05) is 18.2 Å². The van der Waals surface area contributed by atoms with E-state index in [-0.39, 0.29) is 5.75 Å². The number of halogens is 2. The largest absolute Gasteiger partial charge is 0.508 e. The predicted octanol–water partition coefficient (Wildman–Crippen LogP) is 3.19. The summed E-state index contributed by atoms with van der Waals surface area (Å²) >= 11 is 9.05. The molecular weight excluding hydrogens is 291 g/mol. The topological polar surface area (TPSA) is 46.0 Å². The van der Waals surface area contributed by atoms with Crippen LogP contribution in [0, 0.1) is 0 Å². The van der Waals surface area contributed by atoms with Gasteiger partial charge in [-0.1, -0.05) is 23.7 Å². The molecule has 0 fully saturated rings. The maximum Gasteiger partial charge on any atom is 0.165 e. The van der Waals surface area contributed by atoms with Crippen molar-refractivity contribution in [1.29, 1.82) is 0 Å². The van der Waals surface area contributed by atoms with E-state index in [0.29, 0.717) is 11.6 Å². The number of aromatic nitrogens is 2. The van der Waals surface area contributed by atoms with Crippen molar-refractivity contribution in [3.8, 4) is 5.75 Å². The fraction of sp³-hybridized carbons (Fsp3) is 0.0909. The lowest BCUT2D eigenvalue weighted by molar-refractivity contribution is 0.475. The van der Waals surface area contributed by atoms with E-state index in [1.54, 1.807) is 12.1 Å². The first-order valence-electron chi connectivity index (χ1n) is 4.60. The van der Waals surface area contributed by atoms with Gasteiger partial charge in [0.25, 0.3) is 0 Å². The number of aromatic hydroxyl groups is 1. The van der Waals surface area contributed by atoms with Crippen molar-refractivity contribution in [1.82, 2.24) is 10.2 Å². The molecule has 2 aromatic rings. The molecule has 1 heterocycles. The lowest BCUT2D eigenvalue weighted by atomic mass is 10.1. The third-order valence-corrected chi connectivity index (χ3v) is 3.19. The summed E-state index contributed by atoms with van der Waals surface area (Å²) in [4.78, 5) is 0. The van der Waals surface area contributed by atoms with Gasteiger partial charge in [-0.15, -0.1) is 5.10 Å². The number of phenolic OH excluding ortho intramolecular Hbond substituents is 1. The first kappa shape index (κ1) is 11.4. The number of hydrogen-bond donors (Lipinski definition) is 1. The van der Waals surface area contributed by atoms with Crippen molar-refractivity contribution in [2.75, 3.05) is 0 Å². The van der Waals surface area contributed by atoms with Crippen molar-refractivity contribution >= 4 is 27.5 Å². The van der Waals surface area contributed by atoms with E-state index < -0.39 is 0 Å². The van der Waals surface area contributed by atoms with E-state index >= 15 is 0 Å². The summed E-state index contributed by atoms with van der Waals surface area (Å²) in [7, 11) is 0. The Morgan fingerprint density at radius 1 is 1.19 bits per heavy atom. The van der Waals surface area contributed by atoms with E-state index in [0.717, 1.165) is 15.7 Å². The molecule has 2 rings (SSSR count). The summed E-state index contributed by atoms with van der Waals surface area (Å²) < 4.78 is 0.734. The van der Waals surface area contributed by atoms with Crippen molar-refractivity contribution in [2.45, 2.75) is 6.42 Å². The Morgan fingerprint density at radius 2 is 1.88 bits per heavy atom. The van der Waals surface area contributed by atoms with Crippen LogP contribution in [0.1, 0.15) is 11.3 Å². The molecule has 82 valence electrons. The van der Waals surface area contributed by atoms with Crippen LogP contribution in [-0.4, -0.2) is 15.3 Å². The molecule has 0 atom stereocenters. The molecule has 16 heavy (non-hydrogen) atoms. The average molecular weight is 300 g/mol. The molecule has 0 aliphatic rings. The van der Waals surface area contributed by atoms with Crippen LogP contribution in [0.2, 0.25) is 5.15 Å². The highest BCUT2D eigenvalue weighted by Gasteiger charge is 2.03. The Balaban J connectivity index is 2.20. The van der Waals surface area contributed by atoms with Gasteiger partial charge in [0.15, 0.2) is 5.15 Å². The van der Waals surface area contributed by atoms with Crippen LogP contribution in [0.5, 0.6) is 5.75 Å². The fourth-order valence-electron chi connectivity index (χ4n) is 1.30. The van der Waals surface area contributed by atoms with Gasteiger partial charge in [0.1, 0.15) is 5.75 Å². The minimum Gasteiger partial charge on any atom is -0.508 e. The molecule has 0 radical (unpaired) electrons. The highest BCUT2D eigenvalue weighted by atomic mass is 79.9. The zero-order valence-corrected chi connectivity index (χ0v) is 10.5. The van der Waals surface area contributed by atoms with Crippen LogP contribution >= 0.6 is 27.5 Å².